The number of carbonyl (C=O) groups excluding carboxylic acids is 3. The van der Waals surface area contributed by atoms with Gasteiger partial charge in [0.25, 0.3) is 5.91 Å². The molecule has 0 fully saturated rings. The molecule has 0 saturated heterocycles. The average Bonchev–Trinajstić information content (AvgIpc) is 3.30. The Balaban J connectivity index is 1.60. The van der Waals surface area contributed by atoms with Gasteiger partial charge >= 0.3 is 5.97 Å². The number of nitrogens with one attached hydrogen (secondary N) is 3. The van der Waals surface area contributed by atoms with Crippen molar-refractivity contribution in [3.63, 3.8) is 0 Å². The van der Waals surface area contributed by atoms with E-state index in [0.717, 1.165) is 11.8 Å². The number of ether oxygens (including phenoxy) is 1. The number of H-pyrrole nitrogens is 1. The molecule has 1 heterocycles. The third-order valence-electron chi connectivity index (χ3n) is 4.90. The monoisotopic (exact) mass is 549 g/mol. The first-order valence-corrected chi connectivity index (χ1v) is 12.8. The molecule has 0 aliphatic heterocycles. The van der Waals surface area contributed by atoms with E-state index in [2.05, 4.69) is 25.8 Å². The molecule has 3 rings (SSSR count). The molecule has 1 atom stereocenters. The zero-order valence-corrected chi connectivity index (χ0v) is 22.1. The molecule has 3 N–H and O–H groups in total. The molecule has 1 aromatic heterocycles. The molecule has 2 amide bonds. The summed E-state index contributed by atoms with van der Waals surface area (Å²) in [6.07, 6.45) is 0. The van der Waals surface area contributed by atoms with Crippen LogP contribution in [0.25, 0.3) is 0 Å². The summed E-state index contributed by atoms with van der Waals surface area (Å²) in [5.41, 5.74) is 1.12. The molecule has 0 aliphatic carbocycles. The maximum absolute atomic E-state index is 12.8. The number of thioether (sulfide) groups is 1. The molecule has 12 heteroatoms. The average molecular weight is 550 g/mol. The molecule has 3 aromatic rings. The van der Waals surface area contributed by atoms with Crippen LogP contribution in [0.3, 0.4) is 0 Å². The minimum absolute atomic E-state index is 0.0131. The Morgan fingerprint density at radius 1 is 1.14 bits per heavy atom. The first-order valence-electron chi connectivity index (χ1n) is 11.1. The molecule has 0 bridgehead atoms. The molecule has 0 radical (unpaired) electrons. The largest absolute Gasteiger partial charge is 0.462 e. The van der Waals surface area contributed by atoms with Gasteiger partial charge in [-0.3, -0.25) is 14.7 Å². The van der Waals surface area contributed by atoms with E-state index in [0.29, 0.717) is 32.8 Å². The minimum atomic E-state index is -0.467. The van der Waals surface area contributed by atoms with E-state index in [9.17, 15) is 14.4 Å². The van der Waals surface area contributed by atoms with E-state index >= 15 is 0 Å². The van der Waals surface area contributed by atoms with E-state index in [4.69, 9.17) is 27.9 Å². The fourth-order valence-corrected chi connectivity index (χ4v) is 4.27. The van der Waals surface area contributed by atoms with Crippen LogP contribution < -0.4 is 10.6 Å². The first-order chi connectivity index (χ1) is 17.2. The second-order valence-corrected chi connectivity index (χ2v) is 9.75. The van der Waals surface area contributed by atoms with Gasteiger partial charge in [0.1, 0.15) is 5.82 Å². The maximum Gasteiger partial charge on any atom is 0.338 e. The van der Waals surface area contributed by atoms with Gasteiger partial charge in [-0.15, -0.1) is 5.10 Å². The van der Waals surface area contributed by atoms with Crippen molar-refractivity contribution in [3.05, 3.63) is 69.5 Å². The van der Waals surface area contributed by atoms with Crippen LogP contribution in [0.1, 0.15) is 53.4 Å². The van der Waals surface area contributed by atoms with Crippen molar-refractivity contribution in [1.29, 1.82) is 0 Å². The summed E-state index contributed by atoms with van der Waals surface area (Å²) < 4.78 is 4.98. The van der Waals surface area contributed by atoms with E-state index in [1.807, 2.05) is 13.8 Å². The number of rotatable bonds is 10. The fraction of sp³-hybridized carbons (Fsp3) is 0.292. The van der Waals surface area contributed by atoms with E-state index in [1.165, 1.54) is 6.07 Å². The molecule has 0 saturated carbocycles. The number of nitrogens with zero attached hydrogens (tertiary/aromatic N) is 2. The summed E-state index contributed by atoms with van der Waals surface area (Å²) in [7, 11) is 0. The normalized spacial score (nSPS) is 11.7. The predicted octanol–water partition coefficient (Wildman–Crippen LogP) is 5.15. The van der Waals surface area contributed by atoms with Crippen LogP contribution in [0.2, 0.25) is 10.0 Å². The highest BCUT2D eigenvalue weighted by molar-refractivity contribution is 7.99. The number of aromatic amines is 1. The van der Waals surface area contributed by atoms with Gasteiger partial charge in [-0.05, 0) is 49.2 Å². The van der Waals surface area contributed by atoms with Gasteiger partial charge < -0.3 is 15.4 Å². The standard InChI is InChI=1S/C24H25Cl2N5O4S/c1-4-35-23(34)14-6-5-7-16(10-14)27-19(32)12-36-24-29-21(30-31-24)20(13(2)3)28-22(33)17-9-8-15(25)11-18(17)26/h5-11,13,20H,4,12H2,1-3H3,(H,27,32)(H,28,33)(H,29,30,31)/t20-/m1/s1. The number of benzene rings is 2. The van der Waals surface area contributed by atoms with Crippen LogP contribution in [-0.4, -0.2) is 45.3 Å². The number of anilines is 1. The number of halogens is 2. The van der Waals surface area contributed by atoms with Crippen molar-refractivity contribution in [2.24, 2.45) is 5.92 Å². The molecule has 0 spiro atoms. The Kier molecular flexibility index (Phi) is 9.74. The highest BCUT2D eigenvalue weighted by atomic mass is 35.5. The zero-order valence-electron chi connectivity index (χ0n) is 19.8. The third kappa shape index (κ3) is 7.46. The third-order valence-corrected chi connectivity index (χ3v) is 6.29. The Hall–Kier alpha value is -3.08. The number of carbonyl (C=O) groups is 3. The van der Waals surface area contributed by atoms with Gasteiger partial charge in [0.05, 0.1) is 34.6 Å². The van der Waals surface area contributed by atoms with Crippen molar-refractivity contribution in [2.75, 3.05) is 17.7 Å². The van der Waals surface area contributed by atoms with Crippen molar-refractivity contribution in [3.8, 4) is 0 Å². The second-order valence-electron chi connectivity index (χ2n) is 7.96. The van der Waals surface area contributed by atoms with Crippen molar-refractivity contribution in [1.82, 2.24) is 20.5 Å². The van der Waals surface area contributed by atoms with Crippen LogP contribution in [-0.2, 0) is 9.53 Å². The highest BCUT2D eigenvalue weighted by Gasteiger charge is 2.24. The Morgan fingerprint density at radius 3 is 2.61 bits per heavy atom. The summed E-state index contributed by atoms with van der Waals surface area (Å²) in [5.74, 6) is -0.639. The number of hydrogen-bond donors (Lipinski definition) is 3. The van der Waals surface area contributed by atoms with Crippen molar-refractivity contribution >= 4 is 58.4 Å². The lowest BCUT2D eigenvalue weighted by Gasteiger charge is -2.20. The molecular formula is C24H25Cl2N5O4S. The molecule has 190 valence electrons. The van der Waals surface area contributed by atoms with E-state index < -0.39 is 12.0 Å². The van der Waals surface area contributed by atoms with Crippen LogP contribution in [0, 0.1) is 5.92 Å². The SMILES string of the molecule is CCOC(=O)c1cccc(NC(=O)CSc2n[nH]c([C@H](NC(=O)c3ccc(Cl)cc3Cl)C(C)C)n2)c1. The Bertz CT molecular complexity index is 1250. The molecule has 36 heavy (non-hydrogen) atoms. The van der Waals surface area contributed by atoms with Gasteiger partial charge in [-0.2, -0.15) is 0 Å². The summed E-state index contributed by atoms with van der Waals surface area (Å²) in [5, 5.41) is 13.7. The maximum atomic E-state index is 12.8. The first kappa shape index (κ1) is 27.5. The summed E-state index contributed by atoms with van der Waals surface area (Å²) in [6.45, 7) is 5.85. The van der Waals surface area contributed by atoms with Gasteiger partial charge in [-0.1, -0.05) is 54.9 Å². The second kappa shape index (κ2) is 12.8. The Labute approximate surface area is 222 Å². The number of esters is 1. The van der Waals surface area contributed by atoms with E-state index in [-0.39, 0.29) is 35.1 Å². The smallest absolute Gasteiger partial charge is 0.338 e. The summed E-state index contributed by atoms with van der Waals surface area (Å²) in [6, 6.07) is 10.7. The van der Waals surface area contributed by atoms with Gasteiger partial charge in [0.15, 0.2) is 0 Å². The summed E-state index contributed by atoms with van der Waals surface area (Å²) >= 11 is 13.2. The van der Waals surface area contributed by atoms with Gasteiger partial charge in [0, 0.05) is 10.7 Å². The molecule has 0 aliphatic rings. The molecular weight excluding hydrogens is 525 g/mol. The minimum Gasteiger partial charge on any atom is -0.462 e. The predicted molar refractivity (Wildman–Crippen MR) is 140 cm³/mol. The summed E-state index contributed by atoms with van der Waals surface area (Å²) in [4.78, 5) is 41.5. The fourth-order valence-electron chi connectivity index (χ4n) is 3.17. The number of hydrogen-bond acceptors (Lipinski definition) is 7. The molecule has 2 aromatic carbocycles. The lowest BCUT2D eigenvalue weighted by Crippen LogP contribution is -2.32. The lowest BCUT2D eigenvalue weighted by molar-refractivity contribution is -0.113. The highest BCUT2D eigenvalue weighted by Crippen LogP contribution is 2.25. The van der Waals surface area contributed by atoms with Gasteiger partial charge in [-0.25, -0.2) is 9.78 Å². The van der Waals surface area contributed by atoms with Crippen LogP contribution in [0.5, 0.6) is 0 Å². The van der Waals surface area contributed by atoms with Crippen molar-refractivity contribution < 1.29 is 19.1 Å². The lowest BCUT2D eigenvalue weighted by atomic mass is 10.0. The van der Waals surface area contributed by atoms with Gasteiger partial charge in [0.2, 0.25) is 11.1 Å². The zero-order chi connectivity index (χ0) is 26.2. The molecule has 9 nitrogen and oxygen atoms in total. The quantitative estimate of drug-likeness (QED) is 0.236. The number of amides is 2. The van der Waals surface area contributed by atoms with Crippen LogP contribution in [0.15, 0.2) is 47.6 Å². The van der Waals surface area contributed by atoms with Crippen LogP contribution >= 0.6 is 35.0 Å². The molecule has 0 unspecified atom stereocenters. The number of aromatic nitrogens is 3. The Morgan fingerprint density at radius 2 is 1.92 bits per heavy atom. The topological polar surface area (TPSA) is 126 Å². The van der Waals surface area contributed by atoms with E-state index in [1.54, 1.807) is 43.3 Å². The van der Waals surface area contributed by atoms with Crippen molar-refractivity contribution in [2.45, 2.75) is 32.0 Å². The van der Waals surface area contributed by atoms with Crippen LogP contribution in [0.4, 0.5) is 5.69 Å².